The van der Waals surface area contributed by atoms with Crippen LogP contribution in [-0.4, -0.2) is 230 Å². The zero-order chi connectivity index (χ0) is 88.8. The van der Waals surface area contributed by atoms with Crippen LogP contribution in [0.5, 0.6) is 51.7 Å². The Morgan fingerprint density at radius 3 is 1.96 bits per heavy atom. The summed E-state index contributed by atoms with van der Waals surface area (Å²) in [5, 5.41) is 134. The summed E-state index contributed by atoms with van der Waals surface area (Å²) in [7, 11) is -2.66. The highest BCUT2D eigenvalue weighted by Crippen LogP contribution is 2.51. The molecule has 18 unspecified atom stereocenters. The Balaban J connectivity index is 1.09. The number of likely N-dealkylation sites (N-methyl/N-ethyl adjacent to an activating group) is 1. The second kappa shape index (κ2) is 38.9. The Bertz CT molecular complexity index is 5090. The van der Waals surface area contributed by atoms with Crippen molar-refractivity contribution in [1.82, 2.24) is 41.9 Å². The van der Waals surface area contributed by atoms with Gasteiger partial charge in [0.1, 0.15) is 109 Å². The van der Waals surface area contributed by atoms with Crippen LogP contribution in [0, 0.1) is 5.92 Å². The number of ether oxygens (including phenoxy) is 7. The van der Waals surface area contributed by atoms with Crippen molar-refractivity contribution in [2.24, 2.45) is 17.4 Å². The van der Waals surface area contributed by atoms with Crippen LogP contribution in [0.1, 0.15) is 137 Å². The normalized spacial score (nSPS) is 26.5. The maximum atomic E-state index is 16.4. The van der Waals surface area contributed by atoms with Gasteiger partial charge in [0, 0.05) is 54.7 Å². The average Bonchev–Trinajstić information content (AvgIpc) is 0.750. The molecule has 2 fully saturated rings. The Labute approximate surface area is 709 Å². The quantitative estimate of drug-likeness (QED) is 0.0221. The molecule has 0 saturated carbocycles. The number of benzene rings is 6. The lowest BCUT2D eigenvalue weighted by Crippen LogP contribution is -2.64. The topological polar surface area (TPSA) is 589 Å². The van der Waals surface area contributed by atoms with Gasteiger partial charge in [-0.15, -0.1) is 0 Å². The van der Waals surface area contributed by atoms with Gasteiger partial charge in [-0.2, -0.15) is 0 Å². The molecule has 18 atom stereocenters. The molecule has 7 heterocycles. The fourth-order valence-electron chi connectivity index (χ4n) is 14.7. The molecule has 7 amide bonds. The molecule has 11 bridgehead atoms. The third-order valence-electron chi connectivity index (χ3n) is 21.3. The zero-order valence-corrected chi connectivity index (χ0v) is 69.1. The maximum absolute atomic E-state index is 16.4. The number of fused-ring (bicyclic) bond motifs is 15. The number of amides is 7. The number of unbranched alkanes of at least 4 members (excludes halogenated alkanes) is 2. The number of nitrogens with two attached hydrogens (primary N) is 2. The standard InChI is InChI=1S/C81H97Cl2N11O27S/c1-8-9-10-23-115-41-14-16-42(17-15-41)122(113,114)87-22-21-86-33-45-51(97)30-44-59(67(45)101)43-25-37(11-18-50(43)96)60-75(107)93-64(78(110)91-62(44)79(111)112)66(100)39-13-20-53(47(83)27-39)118-55-29-40-28-54(70(55)121-80-71(69(103)68(102)56(34-95)119-80)120-58-32-81(5,85)72(104)36(4)116-58)117-52-19-12-38(26-46(52)82)65(99)63(92-74(106)49(94(6)7)24-35(2)3)77(109)88-48(31-57(84)98)73(105)89-61(40)76(108)90-60/h11-20,25-30,35-36,48-49,56,58,60-66,68-69,71-72,80,86-87,95,99-100,102-104H,6,8-10,21-24,31-34,85H2,1-5,7H3,(H11-,84,88,89,90,91,92,93,96,97,98,101,105,106,107,108,109,110,111,112)/p+1. The van der Waals surface area contributed by atoms with Crippen molar-refractivity contribution in [3.63, 3.8) is 0 Å². The SMILES string of the molecule is C=[N+](C)C(CC(C)C)C(=O)NC1C(=O)NC(CC(N)=O)C(=O)NC2C(=O)NC3C(=O)NC(C(=O)NC(C(=O)O)c4cc(O)c(CNCCNS(=O)(=O)c5ccc(OCCCCC)cc5)c(O)c4-c4cc3ccc4O)C(O)c3ccc(c(Cl)c3)Oc3cc2cc(c3OC2OC(CO)C(O)C(O)C2OC2CC(C)(N)C(O)C(C)O2)Oc2ccc(cc2Cl)C1O. The van der Waals surface area contributed by atoms with E-state index in [2.05, 4.69) is 48.7 Å². The molecule has 0 radical (unpaired) electrons. The van der Waals surface area contributed by atoms with Crippen molar-refractivity contribution >= 4 is 87.3 Å². The predicted molar refractivity (Wildman–Crippen MR) is 432 cm³/mol. The number of carbonyl (C=O) groups is 8. The zero-order valence-electron chi connectivity index (χ0n) is 66.8. The van der Waals surface area contributed by atoms with Crippen LogP contribution >= 0.6 is 23.2 Å². The molecule has 7 aliphatic rings. The van der Waals surface area contributed by atoms with Crippen LogP contribution in [0.3, 0.4) is 0 Å². The minimum Gasteiger partial charge on any atom is -0.507 e. The van der Waals surface area contributed by atoms with Gasteiger partial charge in [-0.25, -0.2) is 22.5 Å². The average molecular weight is 1760 g/mol. The first kappa shape index (κ1) is 92.1. The van der Waals surface area contributed by atoms with Crippen molar-refractivity contribution in [1.29, 1.82) is 0 Å². The van der Waals surface area contributed by atoms with E-state index in [0.29, 0.717) is 12.4 Å². The van der Waals surface area contributed by atoms with Crippen LogP contribution in [0.2, 0.25) is 10.0 Å². The van der Waals surface area contributed by atoms with Crippen LogP contribution in [0.15, 0.2) is 102 Å². The van der Waals surface area contributed by atoms with E-state index in [1.807, 2.05) is 6.92 Å². The van der Waals surface area contributed by atoms with Crippen molar-refractivity contribution < 1.29 is 136 Å². The van der Waals surface area contributed by atoms with E-state index in [1.54, 1.807) is 13.8 Å². The Kier molecular flexibility index (Phi) is 29.3. The summed E-state index contributed by atoms with van der Waals surface area (Å²) < 4.78 is 74.9. The highest BCUT2D eigenvalue weighted by Gasteiger charge is 2.52. The van der Waals surface area contributed by atoms with Crippen LogP contribution < -0.4 is 72.4 Å². The van der Waals surface area contributed by atoms with E-state index in [4.69, 9.17) is 67.8 Å². The van der Waals surface area contributed by atoms with E-state index < -0.39 is 270 Å². The number of phenols is 3. The fraction of sp³-hybridized carbons (Fsp3) is 0.444. The first-order valence-corrected chi connectivity index (χ1v) is 41.2. The molecule has 2 saturated heterocycles. The van der Waals surface area contributed by atoms with Crippen molar-refractivity contribution in [3.05, 3.63) is 140 Å². The van der Waals surface area contributed by atoms with Crippen molar-refractivity contribution in [2.75, 3.05) is 33.4 Å². The second-order valence-corrected chi connectivity index (χ2v) is 33.6. The minimum absolute atomic E-state index is 0.102. The number of hydrogen-bond acceptors (Lipinski definition) is 28. The highest BCUT2D eigenvalue weighted by atomic mass is 35.5. The van der Waals surface area contributed by atoms with Crippen LogP contribution in [0.4, 0.5) is 0 Å². The summed E-state index contributed by atoms with van der Waals surface area (Å²) in [5.41, 5.74) is 7.17. The summed E-state index contributed by atoms with van der Waals surface area (Å²) >= 11 is 14.3. The smallest absolute Gasteiger partial charge is 0.330 e. The molecule has 6 aromatic rings. The number of aromatic hydroxyl groups is 3. The van der Waals surface area contributed by atoms with Gasteiger partial charge in [0.15, 0.2) is 29.9 Å². The number of aliphatic hydroxyl groups is 6. The highest BCUT2D eigenvalue weighted by molar-refractivity contribution is 7.89. The van der Waals surface area contributed by atoms with Crippen molar-refractivity contribution in [2.45, 2.75) is 194 Å². The number of carboxylic acids is 1. The molecule has 0 aliphatic carbocycles. The third-order valence-corrected chi connectivity index (χ3v) is 23.3. The van der Waals surface area contributed by atoms with Gasteiger partial charge in [0.25, 0.3) is 5.91 Å². The number of carboxylic acid groups (broad SMARTS) is 1. The minimum atomic E-state index is -4.14. The van der Waals surface area contributed by atoms with Crippen LogP contribution in [0.25, 0.3) is 11.1 Å². The molecule has 0 aromatic heterocycles. The van der Waals surface area contributed by atoms with Gasteiger partial charge >= 0.3 is 5.97 Å². The number of phenolic OH excluding ortho intramolecular Hbond substituents is 3. The molecule has 41 heteroatoms. The predicted octanol–water partition coefficient (Wildman–Crippen LogP) is 1.87. The lowest BCUT2D eigenvalue weighted by atomic mass is 9.86. The van der Waals surface area contributed by atoms with Crippen molar-refractivity contribution in [3.8, 4) is 62.9 Å². The van der Waals surface area contributed by atoms with Gasteiger partial charge in [0.2, 0.25) is 63.5 Å². The molecule has 6 aromatic carbocycles. The summed E-state index contributed by atoms with van der Waals surface area (Å²) in [4.78, 5) is 119. The number of sulfonamides is 1. The lowest BCUT2D eigenvalue weighted by Gasteiger charge is -2.47. The summed E-state index contributed by atoms with van der Waals surface area (Å²) in [6, 6.07) is 3.37. The number of hydrogen-bond donors (Lipinski definition) is 20. The molecular formula is C81H98Cl2N11O27S+. The fourth-order valence-corrected chi connectivity index (χ4v) is 16.2. The molecule has 0 spiro atoms. The number of aliphatic carboxylic acids is 1. The number of nitrogens with one attached hydrogen (secondary N) is 8. The molecule has 658 valence electrons. The lowest BCUT2D eigenvalue weighted by molar-refractivity contribution is -0.517. The number of halogens is 2. The number of carbonyl (C=O) groups excluding carboxylic acids is 7. The Morgan fingerprint density at radius 2 is 1.36 bits per heavy atom. The largest absolute Gasteiger partial charge is 0.507 e. The maximum Gasteiger partial charge on any atom is 0.330 e. The van der Waals surface area contributed by atoms with Gasteiger partial charge < -0.3 is 133 Å². The number of rotatable bonds is 25. The van der Waals surface area contributed by atoms with E-state index >= 15 is 24.0 Å². The summed E-state index contributed by atoms with van der Waals surface area (Å²) in [6.07, 6.45) is -16.4. The molecule has 38 nitrogen and oxygen atoms in total. The number of aliphatic hydroxyl groups excluding tert-OH is 6. The van der Waals surface area contributed by atoms with Gasteiger partial charge in [-0.1, -0.05) is 75.0 Å². The monoisotopic (exact) mass is 1760 g/mol. The third kappa shape index (κ3) is 20.8. The van der Waals surface area contributed by atoms with Gasteiger partial charge in [-0.3, -0.25) is 33.6 Å². The molecular weight excluding hydrogens is 1660 g/mol. The van der Waals surface area contributed by atoms with E-state index in [9.17, 15) is 73.9 Å². The second-order valence-electron chi connectivity index (χ2n) is 31.0. The molecule has 22 N–H and O–H groups in total. The molecule has 13 rings (SSSR count). The van der Waals surface area contributed by atoms with E-state index in [-0.39, 0.29) is 53.6 Å². The molecule has 7 aliphatic heterocycles. The van der Waals surface area contributed by atoms with Crippen LogP contribution in [-0.2, 0) is 69.1 Å². The van der Waals surface area contributed by atoms with Gasteiger partial charge in [-0.05, 0) is 127 Å². The summed E-state index contributed by atoms with van der Waals surface area (Å²) in [6.45, 7) is 10.9. The first-order valence-electron chi connectivity index (χ1n) is 39.0. The Morgan fingerprint density at radius 1 is 0.738 bits per heavy atom. The summed E-state index contributed by atoms with van der Waals surface area (Å²) in [5.74, 6) is -16.5. The number of primary amides is 1. The van der Waals surface area contributed by atoms with E-state index in [0.717, 1.165) is 79.9 Å². The number of nitrogens with zero attached hydrogens (tertiary/aromatic N) is 1. The molecule has 122 heavy (non-hydrogen) atoms. The van der Waals surface area contributed by atoms with E-state index in [1.165, 1.54) is 61.9 Å². The Hall–Kier alpha value is -10.6. The first-order chi connectivity index (χ1) is 57.7. The van der Waals surface area contributed by atoms with Gasteiger partial charge in [0.05, 0.1) is 52.3 Å².